The maximum atomic E-state index is 5.63. The summed E-state index contributed by atoms with van der Waals surface area (Å²) in [6.45, 7) is 8.24. The highest BCUT2D eigenvalue weighted by Gasteiger charge is 2.27. The lowest BCUT2D eigenvalue weighted by Crippen LogP contribution is -2.19. The molecule has 0 spiro atoms. The second-order valence-corrected chi connectivity index (χ2v) is 4.83. The van der Waals surface area contributed by atoms with Gasteiger partial charge in [0.1, 0.15) is 0 Å². The van der Waals surface area contributed by atoms with Crippen molar-refractivity contribution in [3.63, 3.8) is 0 Å². The van der Waals surface area contributed by atoms with Gasteiger partial charge in [0.2, 0.25) is 5.95 Å². The van der Waals surface area contributed by atoms with E-state index in [1.807, 2.05) is 6.92 Å². The van der Waals surface area contributed by atoms with Crippen LogP contribution in [0.2, 0.25) is 0 Å². The van der Waals surface area contributed by atoms with Gasteiger partial charge >= 0.3 is 0 Å². The van der Waals surface area contributed by atoms with Gasteiger partial charge in [-0.15, -0.1) is 0 Å². The van der Waals surface area contributed by atoms with Crippen molar-refractivity contribution >= 4 is 5.95 Å². The lowest BCUT2D eigenvalue weighted by atomic mass is 10.1. The van der Waals surface area contributed by atoms with Crippen molar-refractivity contribution in [2.24, 2.45) is 0 Å². The van der Waals surface area contributed by atoms with Gasteiger partial charge in [0.15, 0.2) is 0 Å². The summed E-state index contributed by atoms with van der Waals surface area (Å²) in [4.78, 5) is 4.56. The van der Waals surface area contributed by atoms with Gasteiger partial charge in [0.25, 0.3) is 0 Å². The Morgan fingerprint density at radius 2 is 2.41 bits per heavy atom. The Labute approximate surface area is 103 Å². The first kappa shape index (κ1) is 12.4. The lowest BCUT2D eigenvalue weighted by molar-refractivity contribution is 0.108. The molecule has 1 aromatic heterocycles. The van der Waals surface area contributed by atoms with Gasteiger partial charge < -0.3 is 14.6 Å². The van der Waals surface area contributed by atoms with Gasteiger partial charge in [0, 0.05) is 19.3 Å². The molecule has 2 unspecified atom stereocenters. The molecule has 17 heavy (non-hydrogen) atoms. The maximum Gasteiger partial charge on any atom is 0.203 e. The molecule has 1 N–H and O–H groups in total. The summed E-state index contributed by atoms with van der Waals surface area (Å²) in [5, 5.41) is 3.43. The van der Waals surface area contributed by atoms with Gasteiger partial charge in [0.05, 0.1) is 17.8 Å². The van der Waals surface area contributed by atoms with Crippen LogP contribution < -0.4 is 5.32 Å². The van der Waals surface area contributed by atoms with Crippen LogP contribution in [0.5, 0.6) is 0 Å². The molecule has 2 heterocycles. The Balaban J connectivity index is 2.09. The number of hydrogen-bond donors (Lipinski definition) is 1. The Bertz CT molecular complexity index is 362. The number of unbranched alkanes of at least 4 members (excludes halogenated alkanes) is 1. The van der Waals surface area contributed by atoms with E-state index < -0.39 is 0 Å². The predicted molar refractivity (Wildman–Crippen MR) is 69.4 cm³/mol. The van der Waals surface area contributed by atoms with Crippen LogP contribution in [0.15, 0.2) is 6.20 Å². The van der Waals surface area contributed by atoms with E-state index in [1.54, 1.807) is 0 Å². The molecule has 0 bridgehead atoms. The Kier molecular flexibility index (Phi) is 4.05. The van der Waals surface area contributed by atoms with E-state index in [2.05, 4.69) is 34.9 Å². The minimum Gasteiger partial charge on any atom is -0.376 e. The number of rotatable bonds is 5. The zero-order chi connectivity index (χ0) is 12.3. The van der Waals surface area contributed by atoms with E-state index >= 15 is 0 Å². The number of imidazole rings is 1. The molecule has 1 saturated heterocycles. The average molecular weight is 237 g/mol. The zero-order valence-corrected chi connectivity index (χ0v) is 11.1. The number of aromatic nitrogens is 2. The predicted octanol–water partition coefficient (Wildman–Crippen LogP) is 2.75. The van der Waals surface area contributed by atoms with E-state index in [4.69, 9.17) is 4.74 Å². The molecular weight excluding hydrogens is 214 g/mol. The first-order valence-corrected chi connectivity index (χ1v) is 6.63. The molecule has 2 atom stereocenters. The van der Waals surface area contributed by atoms with Gasteiger partial charge in [-0.1, -0.05) is 13.3 Å². The zero-order valence-electron chi connectivity index (χ0n) is 11.1. The van der Waals surface area contributed by atoms with Crippen molar-refractivity contribution in [2.45, 2.75) is 52.2 Å². The van der Waals surface area contributed by atoms with Crippen LogP contribution in [0.3, 0.4) is 0 Å². The van der Waals surface area contributed by atoms with Crippen molar-refractivity contribution in [3.05, 3.63) is 11.9 Å². The molecule has 96 valence electrons. The molecule has 0 aliphatic carbocycles. The molecule has 0 radical (unpaired) electrons. The van der Waals surface area contributed by atoms with E-state index in [0.29, 0.717) is 6.04 Å². The first-order valence-electron chi connectivity index (χ1n) is 6.63. The molecule has 0 saturated carbocycles. The summed E-state index contributed by atoms with van der Waals surface area (Å²) in [6.07, 6.45) is 5.89. The Morgan fingerprint density at radius 3 is 3.06 bits per heavy atom. The summed E-state index contributed by atoms with van der Waals surface area (Å²) in [6, 6.07) is 0.431. The summed E-state index contributed by atoms with van der Waals surface area (Å²) in [7, 11) is 0. The number of anilines is 1. The fourth-order valence-electron chi connectivity index (χ4n) is 2.36. The Morgan fingerprint density at radius 1 is 1.59 bits per heavy atom. The van der Waals surface area contributed by atoms with Crippen molar-refractivity contribution in [3.8, 4) is 0 Å². The molecular formula is C13H23N3O. The summed E-state index contributed by atoms with van der Waals surface area (Å²) >= 11 is 0. The van der Waals surface area contributed by atoms with E-state index in [1.165, 1.54) is 12.8 Å². The van der Waals surface area contributed by atoms with Crippen LogP contribution in [-0.4, -0.2) is 28.8 Å². The SMILES string of the molecule is CCCCNc1nc(C)cn1C1CCOC1C. The number of nitrogens with zero attached hydrogens (tertiary/aromatic N) is 2. The summed E-state index contributed by atoms with van der Waals surface area (Å²) < 4.78 is 7.89. The van der Waals surface area contributed by atoms with Crippen molar-refractivity contribution in [2.75, 3.05) is 18.5 Å². The Hall–Kier alpha value is -1.03. The topological polar surface area (TPSA) is 39.1 Å². The van der Waals surface area contributed by atoms with Crippen LogP contribution in [0, 0.1) is 6.92 Å². The van der Waals surface area contributed by atoms with Crippen LogP contribution >= 0.6 is 0 Å². The molecule has 4 nitrogen and oxygen atoms in total. The number of aryl methyl sites for hydroxylation is 1. The van der Waals surface area contributed by atoms with Crippen molar-refractivity contribution < 1.29 is 4.74 Å². The second-order valence-electron chi connectivity index (χ2n) is 4.83. The van der Waals surface area contributed by atoms with Gasteiger partial charge in [-0.25, -0.2) is 4.98 Å². The van der Waals surface area contributed by atoms with Gasteiger partial charge in [-0.05, 0) is 26.7 Å². The standard InChI is InChI=1S/C13H23N3O/c1-4-5-7-14-13-15-10(2)9-16(13)12-6-8-17-11(12)3/h9,11-12H,4-8H2,1-3H3,(H,14,15). The fourth-order valence-corrected chi connectivity index (χ4v) is 2.36. The molecule has 4 heteroatoms. The monoisotopic (exact) mass is 237 g/mol. The number of nitrogens with one attached hydrogen (secondary N) is 1. The highest BCUT2D eigenvalue weighted by atomic mass is 16.5. The minimum absolute atomic E-state index is 0.287. The van der Waals surface area contributed by atoms with Crippen LogP contribution in [-0.2, 0) is 4.74 Å². The van der Waals surface area contributed by atoms with Gasteiger partial charge in [-0.2, -0.15) is 0 Å². The highest BCUT2D eigenvalue weighted by molar-refractivity contribution is 5.30. The molecule has 1 fully saturated rings. The molecule has 1 aliphatic heterocycles. The second kappa shape index (κ2) is 5.54. The fraction of sp³-hybridized carbons (Fsp3) is 0.769. The molecule has 0 amide bonds. The maximum absolute atomic E-state index is 5.63. The smallest absolute Gasteiger partial charge is 0.203 e. The summed E-state index contributed by atoms with van der Waals surface area (Å²) in [5.41, 5.74) is 1.07. The highest BCUT2D eigenvalue weighted by Crippen LogP contribution is 2.29. The van der Waals surface area contributed by atoms with Crippen LogP contribution in [0.4, 0.5) is 5.95 Å². The van der Waals surface area contributed by atoms with Crippen molar-refractivity contribution in [1.29, 1.82) is 0 Å². The molecule has 2 rings (SSSR count). The minimum atomic E-state index is 0.287. The summed E-state index contributed by atoms with van der Waals surface area (Å²) in [5.74, 6) is 0.998. The lowest BCUT2D eigenvalue weighted by Gasteiger charge is -2.18. The number of hydrogen-bond acceptors (Lipinski definition) is 3. The van der Waals surface area contributed by atoms with E-state index in [-0.39, 0.29) is 6.10 Å². The molecule has 1 aliphatic rings. The van der Waals surface area contributed by atoms with Crippen LogP contribution in [0.1, 0.15) is 44.8 Å². The third kappa shape index (κ3) is 2.80. The van der Waals surface area contributed by atoms with Crippen molar-refractivity contribution in [1.82, 2.24) is 9.55 Å². The average Bonchev–Trinajstić information content (AvgIpc) is 2.85. The largest absolute Gasteiger partial charge is 0.376 e. The van der Waals surface area contributed by atoms with Gasteiger partial charge in [-0.3, -0.25) is 0 Å². The third-order valence-electron chi connectivity index (χ3n) is 3.36. The van der Waals surface area contributed by atoms with Crippen LogP contribution in [0.25, 0.3) is 0 Å². The molecule has 1 aromatic rings. The van der Waals surface area contributed by atoms with E-state index in [9.17, 15) is 0 Å². The van der Waals surface area contributed by atoms with E-state index in [0.717, 1.165) is 31.2 Å². The first-order chi connectivity index (χ1) is 8.22. The number of ether oxygens (including phenoxy) is 1. The molecule has 0 aromatic carbocycles. The normalized spacial score (nSPS) is 24.2. The third-order valence-corrected chi connectivity index (χ3v) is 3.36. The quantitative estimate of drug-likeness (QED) is 0.800.